The predicted octanol–water partition coefficient (Wildman–Crippen LogP) is 3.65. The lowest BCUT2D eigenvalue weighted by Gasteiger charge is -2.21. The van der Waals surface area contributed by atoms with Crippen molar-refractivity contribution in [1.82, 2.24) is 15.3 Å². The van der Waals surface area contributed by atoms with E-state index in [9.17, 15) is 9.59 Å². The summed E-state index contributed by atoms with van der Waals surface area (Å²) in [6, 6.07) is 11.5. The van der Waals surface area contributed by atoms with Gasteiger partial charge in [0.05, 0.1) is 23.4 Å². The predicted molar refractivity (Wildman–Crippen MR) is 109 cm³/mol. The normalized spacial score (nSPS) is 14.3. The number of amides is 2. The van der Waals surface area contributed by atoms with E-state index in [0.717, 1.165) is 35.9 Å². The fourth-order valence-electron chi connectivity index (χ4n) is 3.82. The lowest BCUT2D eigenvalue weighted by molar-refractivity contribution is -0.136. The molecule has 0 fully saturated rings. The van der Waals surface area contributed by atoms with Gasteiger partial charge in [0.2, 0.25) is 0 Å². The Morgan fingerprint density at radius 3 is 2.71 bits per heavy atom. The summed E-state index contributed by atoms with van der Waals surface area (Å²) in [6.07, 6.45) is 6.98. The van der Waals surface area contributed by atoms with Gasteiger partial charge < -0.3 is 15.6 Å². The summed E-state index contributed by atoms with van der Waals surface area (Å²) < 4.78 is 0. The molecule has 1 heterocycles. The minimum atomic E-state index is -0.671. The van der Waals surface area contributed by atoms with Gasteiger partial charge in [-0.3, -0.25) is 9.59 Å². The van der Waals surface area contributed by atoms with Gasteiger partial charge in [0, 0.05) is 5.69 Å². The average Bonchev–Trinajstić information content (AvgIpc) is 3.19. The summed E-state index contributed by atoms with van der Waals surface area (Å²) in [6.45, 7) is 2.01. The van der Waals surface area contributed by atoms with E-state index in [1.54, 1.807) is 24.5 Å². The fraction of sp³-hybridized carbons (Fsp3) is 0.318. The van der Waals surface area contributed by atoms with Gasteiger partial charge in [0.1, 0.15) is 0 Å². The molecule has 2 amide bonds. The number of benzene rings is 2. The molecule has 1 aromatic heterocycles. The molecule has 6 heteroatoms. The highest BCUT2D eigenvalue weighted by Gasteiger charge is 2.20. The minimum absolute atomic E-state index is 0.180. The lowest BCUT2D eigenvalue weighted by Crippen LogP contribution is -2.37. The van der Waals surface area contributed by atoms with E-state index >= 15 is 0 Å². The third kappa shape index (κ3) is 3.76. The number of aromatic nitrogens is 2. The maximum atomic E-state index is 12.4. The maximum Gasteiger partial charge on any atom is 0.313 e. The SMILES string of the molecule is CCC(NC(=O)C(=O)Nc1ccc2nc[nH]c2c1)c1ccc2c(c1)CCCC2. The van der Waals surface area contributed by atoms with Crippen molar-refractivity contribution in [3.05, 3.63) is 59.4 Å². The van der Waals surface area contributed by atoms with Crippen molar-refractivity contribution in [2.24, 2.45) is 0 Å². The van der Waals surface area contributed by atoms with Gasteiger partial charge >= 0.3 is 11.8 Å². The number of imidazole rings is 1. The van der Waals surface area contributed by atoms with Gasteiger partial charge in [0.15, 0.2) is 0 Å². The summed E-state index contributed by atoms with van der Waals surface area (Å²) in [5, 5.41) is 5.53. The van der Waals surface area contributed by atoms with Gasteiger partial charge in [-0.05, 0) is 67.0 Å². The Balaban J connectivity index is 1.44. The number of aryl methyl sites for hydroxylation is 2. The Kier molecular flexibility index (Phi) is 5.10. The van der Waals surface area contributed by atoms with Crippen LogP contribution in [0.1, 0.15) is 48.9 Å². The summed E-state index contributed by atoms with van der Waals surface area (Å²) in [5.41, 5.74) is 6.00. The number of H-pyrrole nitrogens is 1. The highest BCUT2D eigenvalue weighted by Crippen LogP contribution is 2.26. The quantitative estimate of drug-likeness (QED) is 0.608. The number of rotatable bonds is 4. The molecule has 0 aliphatic heterocycles. The number of aromatic amines is 1. The molecule has 0 saturated heterocycles. The van der Waals surface area contributed by atoms with Gasteiger partial charge in [-0.25, -0.2) is 4.98 Å². The highest BCUT2D eigenvalue weighted by molar-refractivity contribution is 6.39. The number of hydrogen-bond acceptors (Lipinski definition) is 3. The van der Waals surface area contributed by atoms with E-state index in [1.165, 1.54) is 24.0 Å². The van der Waals surface area contributed by atoms with Crippen molar-refractivity contribution >= 4 is 28.5 Å². The van der Waals surface area contributed by atoms with Crippen molar-refractivity contribution < 1.29 is 9.59 Å². The molecule has 1 aliphatic rings. The topological polar surface area (TPSA) is 86.9 Å². The standard InChI is InChI=1S/C22H24N4O2/c1-2-18(16-8-7-14-5-3-4-6-15(14)11-16)26-22(28)21(27)25-17-9-10-19-20(12-17)24-13-23-19/h7-13,18H,2-6H2,1H3,(H,23,24)(H,25,27)(H,26,28). The third-order valence-electron chi connectivity index (χ3n) is 5.37. The van der Waals surface area contributed by atoms with Crippen molar-refractivity contribution in [2.75, 3.05) is 5.32 Å². The first-order valence-corrected chi connectivity index (χ1v) is 9.80. The molecule has 3 aromatic rings. The zero-order chi connectivity index (χ0) is 19.5. The molecular weight excluding hydrogens is 352 g/mol. The monoisotopic (exact) mass is 376 g/mol. The number of carbonyl (C=O) groups is 2. The molecule has 2 aromatic carbocycles. The van der Waals surface area contributed by atoms with Crippen molar-refractivity contribution in [3.63, 3.8) is 0 Å². The Bertz CT molecular complexity index is 1020. The van der Waals surface area contributed by atoms with Crippen LogP contribution in [0.5, 0.6) is 0 Å². The maximum absolute atomic E-state index is 12.4. The highest BCUT2D eigenvalue weighted by atomic mass is 16.2. The second-order valence-electron chi connectivity index (χ2n) is 7.26. The Labute approximate surface area is 163 Å². The summed E-state index contributed by atoms with van der Waals surface area (Å²) >= 11 is 0. The summed E-state index contributed by atoms with van der Waals surface area (Å²) in [7, 11) is 0. The molecule has 28 heavy (non-hydrogen) atoms. The third-order valence-corrected chi connectivity index (χ3v) is 5.37. The van der Waals surface area contributed by atoms with Crippen LogP contribution in [-0.4, -0.2) is 21.8 Å². The molecule has 0 spiro atoms. The molecule has 0 bridgehead atoms. The average molecular weight is 376 g/mol. The van der Waals surface area contributed by atoms with Crippen LogP contribution in [0.3, 0.4) is 0 Å². The van der Waals surface area contributed by atoms with Crippen LogP contribution >= 0.6 is 0 Å². The molecule has 1 atom stereocenters. The first kappa shape index (κ1) is 18.2. The molecule has 0 radical (unpaired) electrons. The molecule has 6 nitrogen and oxygen atoms in total. The Morgan fingerprint density at radius 2 is 1.89 bits per heavy atom. The van der Waals surface area contributed by atoms with Crippen LogP contribution in [0.2, 0.25) is 0 Å². The molecule has 1 aliphatic carbocycles. The Morgan fingerprint density at radius 1 is 1.07 bits per heavy atom. The molecule has 1 unspecified atom stereocenters. The zero-order valence-electron chi connectivity index (χ0n) is 15.9. The largest absolute Gasteiger partial charge is 0.345 e. The molecule has 0 saturated carbocycles. The van der Waals surface area contributed by atoms with E-state index in [4.69, 9.17) is 0 Å². The lowest BCUT2D eigenvalue weighted by atomic mass is 9.89. The van der Waals surface area contributed by atoms with Crippen LogP contribution in [0.25, 0.3) is 11.0 Å². The van der Waals surface area contributed by atoms with E-state index in [0.29, 0.717) is 5.69 Å². The molecule has 144 valence electrons. The second-order valence-corrected chi connectivity index (χ2v) is 7.26. The van der Waals surface area contributed by atoms with E-state index in [-0.39, 0.29) is 6.04 Å². The van der Waals surface area contributed by atoms with Crippen LogP contribution in [0, 0.1) is 0 Å². The number of carbonyl (C=O) groups excluding carboxylic acids is 2. The van der Waals surface area contributed by atoms with Gasteiger partial charge in [0.25, 0.3) is 0 Å². The van der Waals surface area contributed by atoms with Gasteiger partial charge in [-0.15, -0.1) is 0 Å². The van der Waals surface area contributed by atoms with Crippen LogP contribution in [0.15, 0.2) is 42.7 Å². The van der Waals surface area contributed by atoms with Crippen LogP contribution < -0.4 is 10.6 Å². The van der Waals surface area contributed by atoms with Gasteiger partial charge in [-0.2, -0.15) is 0 Å². The zero-order valence-corrected chi connectivity index (χ0v) is 15.9. The van der Waals surface area contributed by atoms with E-state index in [2.05, 4.69) is 38.8 Å². The summed E-state index contributed by atoms with van der Waals surface area (Å²) in [5.74, 6) is -1.30. The minimum Gasteiger partial charge on any atom is -0.345 e. The van der Waals surface area contributed by atoms with E-state index < -0.39 is 11.8 Å². The number of anilines is 1. The number of nitrogens with zero attached hydrogens (tertiary/aromatic N) is 1. The van der Waals surface area contributed by atoms with Crippen LogP contribution in [0.4, 0.5) is 5.69 Å². The smallest absolute Gasteiger partial charge is 0.313 e. The number of hydrogen-bond donors (Lipinski definition) is 3. The summed E-state index contributed by atoms with van der Waals surface area (Å²) in [4.78, 5) is 31.9. The number of nitrogens with one attached hydrogen (secondary N) is 3. The van der Waals surface area contributed by atoms with Crippen molar-refractivity contribution in [1.29, 1.82) is 0 Å². The molecule has 3 N–H and O–H groups in total. The van der Waals surface area contributed by atoms with Crippen molar-refractivity contribution in [3.8, 4) is 0 Å². The fourth-order valence-corrected chi connectivity index (χ4v) is 3.82. The first-order valence-electron chi connectivity index (χ1n) is 9.80. The number of fused-ring (bicyclic) bond motifs is 2. The molecule has 4 rings (SSSR count). The van der Waals surface area contributed by atoms with Crippen molar-refractivity contribution in [2.45, 2.75) is 45.1 Å². The first-order chi connectivity index (χ1) is 13.6. The molecular formula is C22H24N4O2. The van der Waals surface area contributed by atoms with E-state index in [1.807, 2.05) is 6.92 Å². The Hall–Kier alpha value is -3.15. The van der Waals surface area contributed by atoms with Gasteiger partial charge in [-0.1, -0.05) is 25.1 Å². The van der Waals surface area contributed by atoms with Crippen LogP contribution in [-0.2, 0) is 22.4 Å². The second kappa shape index (κ2) is 7.84.